The molecule has 0 radical (unpaired) electrons. The Morgan fingerprint density at radius 1 is 1.06 bits per heavy atom. The molecule has 2 rings (SSSR count). The molecule has 3 nitrogen and oxygen atoms in total. The number of nitrogens with one attached hydrogen (secondary N) is 1. The first-order chi connectivity index (χ1) is 7.55. The molecule has 94 valence electrons. The highest BCUT2D eigenvalue weighted by molar-refractivity contribution is 4.86. The van der Waals surface area contributed by atoms with E-state index in [1.807, 2.05) is 0 Å². The maximum atomic E-state index is 6.20. The third kappa shape index (κ3) is 3.19. The second-order valence-corrected chi connectivity index (χ2v) is 6.11. The predicted octanol–water partition coefficient (Wildman–Crippen LogP) is 1.63. The van der Waals surface area contributed by atoms with Crippen molar-refractivity contribution in [1.82, 2.24) is 10.2 Å². The van der Waals surface area contributed by atoms with Gasteiger partial charge in [-0.2, -0.15) is 0 Å². The minimum absolute atomic E-state index is 0.298. The first-order valence-electron chi connectivity index (χ1n) is 6.67. The molecule has 16 heavy (non-hydrogen) atoms. The molecule has 0 aromatic heterocycles. The summed E-state index contributed by atoms with van der Waals surface area (Å²) in [5.41, 5.74) is 0.298. The summed E-state index contributed by atoms with van der Waals surface area (Å²) >= 11 is 0. The van der Waals surface area contributed by atoms with Crippen LogP contribution in [0.3, 0.4) is 0 Å². The molecular formula is C13H26N2O. The average molecular weight is 226 g/mol. The van der Waals surface area contributed by atoms with Gasteiger partial charge in [-0.3, -0.25) is 4.90 Å². The van der Waals surface area contributed by atoms with Crippen molar-refractivity contribution in [3.63, 3.8) is 0 Å². The van der Waals surface area contributed by atoms with Crippen molar-refractivity contribution in [2.75, 3.05) is 26.2 Å². The van der Waals surface area contributed by atoms with Crippen molar-refractivity contribution in [2.24, 2.45) is 0 Å². The Balaban J connectivity index is 1.76. The fourth-order valence-corrected chi connectivity index (χ4v) is 2.65. The zero-order chi connectivity index (χ0) is 11.6. The number of hydrogen-bond acceptors (Lipinski definition) is 3. The Hall–Kier alpha value is -0.120. The average Bonchev–Trinajstić information content (AvgIpc) is 2.67. The molecule has 0 unspecified atom stereocenters. The monoisotopic (exact) mass is 226 g/mol. The maximum absolute atomic E-state index is 6.20. The van der Waals surface area contributed by atoms with Gasteiger partial charge in [-0.1, -0.05) is 0 Å². The van der Waals surface area contributed by atoms with Crippen LogP contribution in [0.4, 0.5) is 0 Å². The van der Waals surface area contributed by atoms with Gasteiger partial charge in [-0.25, -0.2) is 0 Å². The van der Waals surface area contributed by atoms with E-state index in [4.69, 9.17) is 4.74 Å². The first-order valence-corrected chi connectivity index (χ1v) is 6.67. The summed E-state index contributed by atoms with van der Waals surface area (Å²) in [6, 6.07) is 0. The molecular weight excluding hydrogens is 200 g/mol. The van der Waals surface area contributed by atoms with E-state index >= 15 is 0 Å². The third-order valence-electron chi connectivity index (χ3n) is 3.76. The van der Waals surface area contributed by atoms with Gasteiger partial charge in [0.05, 0.1) is 12.2 Å². The molecule has 0 spiro atoms. The highest BCUT2D eigenvalue weighted by Gasteiger charge is 2.32. The highest BCUT2D eigenvalue weighted by atomic mass is 16.5. The zero-order valence-electron chi connectivity index (χ0n) is 11.0. The van der Waals surface area contributed by atoms with Gasteiger partial charge in [0, 0.05) is 18.6 Å². The Bertz CT molecular complexity index is 218. The standard InChI is InChI=1S/C13H26N2O/c1-13(2,3)15-9-6-12(10-15)16-11-4-7-14-8-5-11/h11-12,14H,4-10H2,1-3H3/t12-/m1/s1. The second-order valence-electron chi connectivity index (χ2n) is 6.11. The summed E-state index contributed by atoms with van der Waals surface area (Å²) in [5, 5.41) is 3.38. The normalized spacial score (nSPS) is 29.8. The fourth-order valence-electron chi connectivity index (χ4n) is 2.65. The largest absolute Gasteiger partial charge is 0.374 e. The number of rotatable bonds is 2. The maximum Gasteiger partial charge on any atom is 0.0718 e. The minimum atomic E-state index is 0.298. The van der Waals surface area contributed by atoms with Crippen LogP contribution in [0, 0.1) is 0 Å². The summed E-state index contributed by atoms with van der Waals surface area (Å²) < 4.78 is 6.20. The molecule has 0 amide bonds. The van der Waals surface area contributed by atoms with Crippen molar-refractivity contribution in [3.05, 3.63) is 0 Å². The summed E-state index contributed by atoms with van der Waals surface area (Å²) in [6.07, 6.45) is 4.56. The van der Waals surface area contributed by atoms with Crippen molar-refractivity contribution < 1.29 is 4.74 Å². The van der Waals surface area contributed by atoms with E-state index in [0.717, 1.165) is 19.6 Å². The first kappa shape index (κ1) is 12.3. The Labute approximate surface area is 99.5 Å². The Morgan fingerprint density at radius 3 is 2.31 bits per heavy atom. The van der Waals surface area contributed by atoms with Crippen LogP contribution in [0.25, 0.3) is 0 Å². The van der Waals surface area contributed by atoms with Gasteiger partial charge in [-0.15, -0.1) is 0 Å². The molecule has 0 aromatic rings. The molecule has 2 saturated heterocycles. The molecule has 0 aromatic carbocycles. The van der Waals surface area contributed by atoms with Gasteiger partial charge in [0.1, 0.15) is 0 Å². The van der Waals surface area contributed by atoms with E-state index in [1.165, 1.54) is 25.8 Å². The number of piperidine rings is 1. The summed E-state index contributed by atoms with van der Waals surface area (Å²) in [6.45, 7) is 11.4. The van der Waals surface area contributed by atoms with Crippen LogP contribution in [0.2, 0.25) is 0 Å². The van der Waals surface area contributed by atoms with E-state index in [1.54, 1.807) is 0 Å². The highest BCUT2D eigenvalue weighted by Crippen LogP contribution is 2.24. The van der Waals surface area contributed by atoms with E-state index < -0.39 is 0 Å². The quantitative estimate of drug-likeness (QED) is 0.774. The molecule has 1 N–H and O–H groups in total. The number of ether oxygens (including phenoxy) is 1. The molecule has 0 bridgehead atoms. The van der Waals surface area contributed by atoms with Crippen LogP contribution in [0.5, 0.6) is 0 Å². The second kappa shape index (κ2) is 5.03. The van der Waals surface area contributed by atoms with Gasteiger partial charge in [0.2, 0.25) is 0 Å². The van der Waals surface area contributed by atoms with Crippen LogP contribution >= 0.6 is 0 Å². The van der Waals surface area contributed by atoms with Crippen molar-refractivity contribution in [3.8, 4) is 0 Å². The van der Waals surface area contributed by atoms with Gasteiger partial charge in [-0.05, 0) is 53.1 Å². The number of likely N-dealkylation sites (tertiary alicyclic amines) is 1. The van der Waals surface area contributed by atoms with E-state index in [0.29, 0.717) is 17.7 Å². The van der Waals surface area contributed by atoms with E-state index in [-0.39, 0.29) is 0 Å². The lowest BCUT2D eigenvalue weighted by Gasteiger charge is -2.32. The Morgan fingerprint density at radius 2 is 1.75 bits per heavy atom. The lowest BCUT2D eigenvalue weighted by Crippen LogP contribution is -2.41. The van der Waals surface area contributed by atoms with Crippen molar-refractivity contribution in [1.29, 1.82) is 0 Å². The van der Waals surface area contributed by atoms with Gasteiger partial charge in [0.15, 0.2) is 0 Å². The molecule has 2 aliphatic rings. The summed E-state index contributed by atoms with van der Waals surface area (Å²) in [4.78, 5) is 2.54. The lowest BCUT2D eigenvalue weighted by molar-refractivity contribution is -0.0245. The summed E-state index contributed by atoms with van der Waals surface area (Å²) in [5.74, 6) is 0. The molecule has 0 aliphatic carbocycles. The lowest BCUT2D eigenvalue weighted by atomic mass is 10.1. The van der Waals surface area contributed by atoms with E-state index in [9.17, 15) is 0 Å². The number of hydrogen-bond donors (Lipinski definition) is 1. The van der Waals surface area contributed by atoms with Gasteiger partial charge >= 0.3 is 0 Å². The molecule has 3 heteroatoms. The topological polar surface area (TPSA) is 24.5 Å². The SMILES string of the molecule is CC(C)(C)N1CC[C@@H](OC2CCNCC2)C1. The van der Waals surface area contributed by atoms with Crippen LogP contribution in [-0.2, 0) is 4.74 Å². The van der Waals surface area contributed by atoms with Crippen LogP contribution in [0.15, 0.2) is 0 Å². The van der Waals surface area contributed by atoms with Crippen LogP contribution in [-0.4, -0.2) is 48.8 Å². The summed E-state index contributed by atoms with van der Waals surface area (Å²) in [7, 11) is 0. The molecule has 2 aliphatic heterocycles. The molecule has 1 atom stereocenters. The van der Waals surface area contributed by atoms with Crippen LogP contribution in [0.1, 0.15) is 40.0 Å². The smallest absolute Gasteiger partial charge is 0.0718 e. The van der Waals surface area contributed by atoms with Crippen molar-refractivity contribution in [2.45, 2.75) is 57.8 Å². The fraction of sp³-hybridized carbons (Fsp3) is 1.00. The predicted molar refractivity (Wildman–Crippen MR) is 66.7 cm³/mol. The molecule has 0 saturated carbocycles. The number of nitrogens with zero attached hydrogens (tertiary/aromatic N) is 1. The van der Waals surface area contributed by atoms with Gasteiger partial charge < -0.3 is 10.1 Å². The van der Waals surface area contributed by atoms with E-state index in [2.05, 4.69) is 31.0 Å². The third-order valence-corrected chi connectivity index (χ3v) is 3.76. The van der Waals surface area contributed by atoms with Gasteiger partial charge in [0.25, 0.3) is 0 Å². The van der Waals surface area contributed by atoms with Crippen molar-refractivity contribution >= 4 is 0 Å². The Kier molecular flexibility index (Phi) is 3.88. The molecule has 2 fully saturated rings. The minimum Gasteiger partial charge on any atom is -0.374 e. The molecule has 2 heterocycles. The van der Waals surface area contributed by atoms with Crippen LogP contribution < -0.4 is 5.32 Å². The zero-order valence-corrected chi connectivity index (χ0v) is 11.0.